The van der Waals surface area contributed by atoms with Crippen molar-refractivity contribution in [3.63, 3.8) is 0 Å². The van der Waals surface area contributed by atoms with E-state index in [2.05, 4.69) is 4.99 Å². The van der Waals surface area contributed by atoms with E-state index in [1.54, 1.807) is 0 Å². The molecule has 0 aromatic heterocycles. The summed E-state index contributed by atoms with van der Waals surface area (Å²) >= 11 is 0. The summed E-state index contributed by atoms with van der Waals surface area (Å²) < 4.78 is 76.4. The summed E-state index contributed by atoms with van der Waals surface area (Å²) in [7, 11) is -4.30. The molecule has 0 amide bonds. The average Bonchev–Trinajstić information content (AvgIpc) is 2.60. The van der Waals surface area contributed by atoms with Crippen molar-refractivity contribution < 1.29 is 55.7 Å². The van der Waals surface area contributed by atoms with Crippen molar-refractivity contribution in [2.75, 3.05) is 5.75 Å². The largest absolute Gasteiger partial charge is 2.00 e. The molecule has 0 saturated heterocycles. The Bertz CT molecular complexity index is 1090. The molecule has 0 bridgehead atoms. The van der Waals surface area contributed by atoms with Gasteiger partial charge in [-0.2, -0.15) is 18.4 Å². The third-order valence-electron chi connectivity index (χ3n) is 3.75. The number of nitriles is 1. The number of nitrogens with zero attached hydrogens (tertiary/aromatic N) is 2. The number of hydrogen-bond acceptors (Lipinski definition) is 6. The maximum absolute atomic E-state index is 13.0. The van der Waals surface area contributed by atoms with Gasteiger partial charge in [0.2, 0.25) is 0 Å². The Morgan fingerprint density at radius 2 is 1.73 bits per heavy atom. The van der Waals surface area contributed by atoms with E-state index in [4.69, 9.17) is 5.26 Å². The monoisotopic (exact) mass is 492 g/mol. The Morgan fingerprint density at radius 3 is 2.23 bits per heavy atom. The predicted octanol–water partition coefficient (Wildman–Crippen LogP) is 1.70. The van der Waals surface area contributed by atoms with Crippen molar-refractivity contribution in [1.29, 1.82) is 5.26 Å². The quantitative estimate of drug-likeness (QED) is 0.207. The van der Waals surface area contributed by atoms with E-state index in [9.17, 15) is 36.2 Å². The molecule has 2 aromatic rings. The van der Waals surface area contributed by atoms with Crippen LogP contribution in [0.3, 0.4) is 0 Å². The van der Waals surface area contributed by atoms with Gasteiger partial charge in [-0.15, -0.1) is 0 Å². The molecule has 2 aromatic carbocycles. The normalized spacial score (nSPS) is 14.4. The zero-order valence-electron chi connectivity index (χ0n) is 15.4. The molecule has 0 heterocycles. The maximum atomic E-state index is 13.0. The van der Waals surface area contributed by atoms with Crippen LogP contribution in [0, 0.1) is 17.1 Å². The zero-order valence-corrected chi connectivity index (χ0v) is 19.2. The number of sulfone groups is 1. The zero-order chi connectivity index (χ0) is 22.0. The number of hydrogen-bond donors (Lipinski definition) is 0. The third-order valence-corrected chi connectivity index (χ3v) is 5.67. The number of halogens is 4. The molecule has 0 aliphatic heterocycles. The SMILES string of the molecule is CC([O-])(CS(=O)(=O)c1ccc(F)cc1)C([O-])=Nc1ccc(C#N)c(C(F)(F)F)c1.[Zn+2]. The Hall–Kier alpha value is -2.35. The fourth-order valence-corrected chi connectivity index (χ4v) is 3.89. The predicted molar refractivity (Wildman–Crippen MR) is 90.1 cm³/mol. The number of rotatable bonds is 5. The summed E-state index contributed by atoms with van der Waals surface area (Å²) in [6.07, 6.45) is -4.90. The molecule has 12 heteroatoms. The molecular formula is C18H12F4N2O4SZn. The molecule has 0 spiro atoms. The van der Waals surface area contributed by atoms with Gasteiger partial charge in [0.25, 0.3) is 0 Å². The first kappa shape index (κ1) is 25.7. The van der Waals surface area contributed by atoms with Gasteiger partial charge in [-0.05, 0) is 48.4 Å². The van der Waals surface area contributed by atoms with E-state index in [-0.39, 0.29) is 19.5 Å². The van der Waals surface area contributed by atoms with Gasteiger partial charge in [0, 0.05) is 5.75 Å². The maximum Gasteiger partial charge on any atom is 2.00 e. The summed E-state index contributed by atoms with van der Waals surface area (Å²) in [4.78, 5) is 2.89. The molecular weight excluding hydrogens is 482 g/mol. The molecule has 0 N–H and O–H groups in total. The van der Waals surface area contributed by atoms with Crippen LogP contribution >= 0.6 is 0 Å². The van der Waals surface area contributed by atoms with Crippen molar-refractivity contribution in [2.45, 2.75) is 23.6 Å². The molecule has 0 aliphatic rings. The summed E-state index contributed by atoms with van der Waals surface area (Å²) in [6.45, 7) is 0.730. The molecule has 0 saturated carbocycles. The molecule has 154 valence electrons. The molecule has 0 aliphatic carbocycles. The first-order valence-electron chi connectivity index (χ1n) is 7.82. The van der Waals surface area contributed by atoms with Crippen molar-refractivity contribution in [1.82, 2.24) is 0 Å². The van der Waals surface area contributed by atoms with Crippen molar-refractivity contribution in [2.24, 2.45) is 4.99 Å². The van der Waals surface area contributed by atoms with Crippen LogP contribution in [0.4, 0.5) is 23.2 Å². The van der Waals surface area contributed by atoms with E-state index in [1.165, 1.54) is 6.07 Å². The summed E-state index contributed by atoms with van der Waals surface area (Å²) in [5.41, 5.74) is -5.42. The van der Waals surface area contributed by atoms with Crippen molar-refractivity contribution in [3.05, 3.63) is 59.4 Å². The minimum atomic E-state index is -4.90. The van der Waals surface area contributed by atoms with Crippen LogP contribution in [0.5, 0.6) is 0 Å². The first-order chi connectivity index (χ1) is 13.3. The number of benzene rings is 2. The Morgan fingerprint density at radius 1 is 1.17 bits per heavy atom. The topological polar surface area (TPSA) is 116 Å². The third kappa shape index (κ3) is 6.08. The van der Waals surface area contributed by atoms with E-state index < -0.39 is 60.8 Å². The van der Waals surface area contributed by atoms with E-state index in [1.807, 2.05) is 0 Å². The van der Waals surface area contributed by atoms with Gasteiger partial charge in [0.15, 0.2) is 9.84 Å². The second kappa shape index (κ2) is 9.20. The van der Waals surface area contributed by atoms with Crippen LogP contribution in [0.25, 0.3) is 0 Å². The molecule has 1 unspecified atom stereocenters. The van der Waals surface area contributed by atoms with Crippen LogP contribution in [0.15, 0.2) is 52.4 Å². The fraction of sp³-hybridized carbons (Fsp3) is 0.222. The smallest absolute Gasteiger partial charge is 0.862 e. The fourth-order valence-electron chi connectivity index (χ4n) is 2.32. The Kier molecular flexibility index (Phi) is 7.88. The second-order valence-corrected chi connectivity index (χ2v) is 8.19. The molecule has 1 atom stereocenters. The van der Waals surface area contributed by atoms with Crippen molar-refractivity contribution in [3.8, 4) is 6.07 Å². The first-order valence-corrected chi connectivity index (χ1v) is 9.48. The van der Waals surface area contributed by atoms with E-state index >= 15 is 0 Å². The van der Waals surface area contributed by atoms with Crippen LogP contribution in [-0.2, 0) is 35.5 Å². The molecule has 2 rings (SSSR count). The van der Waals surface area contributed by atoms with Gasteiger partial charge >= 0.3 is 25.7 Å². The molecule has 0 radical (unpaired) electrons. The molecule has 0 fully saturated rings. The Balaban J connectivity index is 0.00000450. The van der Waals surface area contributed by atoms with E-state index in [0.717, 1.165) is 43.3 Å². The van der Waals surface area contributed by atoms with Gasteiger partial charge in [-0.3, -0.25) is 4.99 Å². The summed E-state index contributed by atoms with van der Waals surface area (Å²) in [5.74, 6) is -3.46. The standard InChI is InChI=1S/C18H13F4N2O4S.Zn/c1-17(26,10-29(27,28)14-6-3-12(19)4-7-14)16(25)24-13-5-2-11(9-23)15(8-13)18(20,21)22;/h2-8H,10H2,1H3,(H,24,25);/q-1;+2/p-1. The number of alkyl halides is 3. The van der Waals surface area contributed by atoms with Gasteiger partial charge in [-0.1, -0.05) is 12.5 Å². The Labute approximate surface area is 182 Å². The van der Waals surface area contributed by atoms with Crippen LogP contribution in [0.1, 0.15) is 18.1 Å². The van der Waals surface area contributed by atoms with Crippen LogP contribution in [0.2, 0.25) is 0 Å². The minimum Gasteiger partial charge on any atom is -0.862 e. The molecule has 6 nitrogen and oxygen atoms in total. The van der Waals surface area contributed by atoms with Crippen LogP contribution in [-0.4, -0.2) is 25.7 Å². The van der Waals surface area contributed by atoms with Gasteiger partial charge in [0.05, 0.1) is 27.8 Å². The van der Waals surface area contributed by atoms with Gasteiger partial charge in [-0.25, -0.2) is 12.8 Å². The van der Waals surface area contributed by atoms with Gasteiger partial charge < -0.3 is 10.2 Å². The van der Waals surface area contributed by atoms with Crippen LogP contribution < -0.4 is 10.2 Å². The summed E-state index contributed by atoms with van der Waals surface area (Å²) in [5, 5.41) is 33.4. The van der Waals surface area contributed by atoms with E-state index in [0.29, 0.717) is 6.07 Å². The average molecular weight is 494 g/mol. The molecule has 30 heavy (non-hydrogen) atoms. The van der Waals surface area contributed by atoms with Gasteiger partial charge in [0.1, 0.15) is 5.82 Å². The number of aliphatic imine (C=N–C) groups is 1. The van der Waals surface area contributed by atoms with Crippen molar-refractivity contribution >= 4 is 21.4 Å². The second-order valence-electron chi connectivity index (χ2n) is 6.20. The summed E-state index contributed by atoms with van der Waals surface area (Å²) in [6, 6.07) is 7.03. The minimum absolute atomic E-state index is 0.